The number of para-hydroxylation sites is 1. The molecule has 21 heavy (non-hydrogen) atoms. The molecule has 0 fully saturated rings. The van der Waals surface area contributed by atoms with Gasteiger partial charge in [0.2, 0.25) is 0 Å². The first-order valence-electron chi connectivity index (χ1n) is 6.79. The Kier molecular flexibility index (Phi) is 3.44. The lowest BCUT2D eigenvalue weighted by Crippen LogP contribution is -2.23. The van der Waals surface area contributed by atoms with Gasteiger partial charge in [0.25, 0.3) is 5.56 Å². The first-order chi connectivity index (χ1) is 10.1. The Morgan fingerprint density at radius 3 is 2.57 bits per heavy atom. The van der Waals surface area contributed by atoms with E-state index < -0.39 is 0 Å². The maximum absolute atomic E-state index is 12.3. The molecule has 0 spiro atoms. The van der Waals surface area contributed by atoms with Gasteiger partial charge in [-0.25, -0.2) is 4.98 Å². The zero-order valence-corrected chi connectivity index (χ0v) is 12.0. The van der Waals surface area contributed by atoms with Crippen molar-refractivity contribution in [3.05, 3.63) is 70.3 Å². The van der Waals surface area contributed by atoms with Crippen LogP contribution in [0.5, 0.6) is 5.75 Å². The lowest BCUT2D eigenvalue weighted by atomic mass is 10.2. The van der Waals surface area contributed by atoms with Crippen LogP contribution in [0.2, 0.25) is 0 Å². The fraction of sp³-hybridized carbons (Fsp3) is 0.176. The number of aryl methyl sites for hydroxylation is 1. The zero-order chi connectivity index (χ0) is 14.8. The average Bonchev–Trinajstić information content (AvgIpc) is 2.51. The summed E-state index contributed by atoms with van der Waals surface area (Å²) in [7, 11) is 1.72. The molecule has 2 aromatic carbocycles. The molecule has 0 radical (unpaired) electrons. The topological polar surface area (TPSA) is 44.1 Å². The first kappa shape index (κ1) is 13.4. The van der Waals surface area contributed by atoms with Crippen LogP contribution < -0.4 is 10.3 Å². The molecule has 0 saturated carbocycles. The summed E-state index contributed by atoms with van der Waals surface area (Å²) in [6.45, 7) is 2.29. The average molecular weight is 280 g/mol. The van der Waals surface area contributed by atoms with Crippen molar-refractivity contribution in [2.24, 2.45) is 7.05 Å². The van der Waals surface area contributed by atoms with Gasteiger partial charge in [-0.3, -0.25) is 9.36 Å². The molecule has 0 aliphatic heterocycles. The molecule has 0 aliphatic carbocycles. The molecular weight excluding hydrogens is 264 g/mol. The number of aromatic nitrogens is 2. The van der Waals surface area contributed by atoms with Gasteiger partial charge in [-0.1, -0.05) is 29.8 Å². The predicted octanol–water partition coefficient (Wildman–Crippen LogP) is 2.82. The molecule has 106 valence electrons. The van der Waals surface area contributed by atoms with E-state index in [4.69, 9.17) is 4.74 Å². The summed E-state index contributed by atoms with van der Waals surface area (Å²) in [5.41, 5.74) is 1.82. The first-order valence-corrected chi connectivity index (χ1v) is 6.79. The maximum atomic E-state index is 12.3. The van der Waals surface area contributed by atoms with Crippen LogP contribution in [-0.2, 0) is 13.7 Å². The van der Waals surface area contributed by atoms with Crippen LogP contribution in [0.3, 0.4) is 0 Å². The highest BCUT2D eigenvalue weighted by atomic mass is 16.5. The van der Waals surface area contributed by atoms with Gasteiger partial charge in [0.15, 0.2) is 0 Å². The lowest BCUT2D eigenvalue weighted by Gasteiger charge is -2.10. The summed E-state index contributed by atoms with van der Waals surface area (Å²) in [6.07, 6.45) is 0. The molecule has 4 heteroatoms. The minimum Gasteiger partial charge on any atom is -0.486 e. The Morgan fingerprint density at radius 1 is 1.10 bits per heavy atom. The highest BCUT2D eigenvalue weighted by Gasteiger charge is 2.08. The third-order valence-corrected chi connectivity index (χ3v) is 3.46. The van der Waals surface area contributed by atoms with Gasteiger partial charge in [-0.05, 0) is 31.2 Å². The van der Waals surface area contributed by atoms with E-state index in [0.29, 0.717) is 16.7 Å². The standard InChI is InChI=1S/C17H16N2O2/c1-12-7-9-13(10-8-12)21-11-16-18-15-6-4-3-5-14(15)17(20)19(16)2/h3-10H,11H2,1-2H3. The number of nitrogens with zero attached hydrogens (tertiary/aromatic N) is 2. The van der Waals surface area contributed by atoms with Crippen LogP contribution >= 0.6 is 0 Å². The van der Waals surface area contributed by atoms with E-state index in [0.717, 1.165) is 5.75 Å². The SMILES string of the molecule is Cc1ccc(OCc2nc3ccccc3c(=O)n2C)cc1. The monoisotopic (exact) mass is 280 g/mol. The molecule has 0 amide bonds. The van der Waals surface area contributed by atoms with E-state index in [9.17, 15) is 4.79 Å². The zero-order valence-electron chi connectivity index (χ0n) is 12.0. The number of hydrogen-bond donors (Lipinski definition) is 0. The van der Waals surface area contributed by atoms with E-state index in [1.54, 1.807) is 13.1 Å². The second-order valence-corrected chi connectivity index (χ2v) is 5.01. The van der Waals surface area contributed by atoms with Crippen LogP contribution in [0.4, 0.5) is 0 Å². The minimum atomic E-state index is -0.0527. The molecule has 3 aromatic rings. The summed E-state index contributed by atoms with van der Waals surface area (Å²) >= 11 is 0. The van der Waals surface area contributed by atoms with Gasteiger partial charge in [-0.2, -0.15) is 0 Å². The molecule has 0 bridgehead atoms. The van der Waals surface area contributed by atoms with E-state index in [1.165, 1.54) is 10.1 Å². The van der Waals surface area contributed by atoms with Gasteiger partial charge in [0, 0.05) is 7.05 Å². The highest BCUT2D eigenvalue weighted by Crippen LogP contribution is 2.14. The number of ether oxygens (including phenoxy) is 1. The fourth-order valence-corrected chi connectivity index (χ4v) is 2.18. The number of rotatable bonds is 3. The van der Waals surface area contributed by atoms with Crippen LogP contribution in [0.15, 0.2) is 53.3 Å². The van der Waals surface area contributed by atoms with Gasteiger partial charge in [-0.15, -0.1) is 0 Å². The molecule has 0 aliphatic rings. The van der Waals surface area contributed by atoms with E-state index >= 15 is 0 Å². The van der Waals surface area contributed by atoms with Gasteiger partial charge < -0.3 is 4.74 Å². The molecule has 0 unspecified atom stereocenters. The summed E-state index contributed by atoms with van der Waals surface area (Å²) in [4.78, 5) is 16.8. The maximum Gasteiger partial charge on any atom is 0.261 e. The van der Waals surface area contributed by atoms with Crippen molar-refractivity contribution in [1.29, 1.82) is 0 Å². The molecule has 0 atom stereocenters. The minimum absolute atomic E-state index is 0.0527. The summed E-state index contributed by atoms with van der Waals surface area (Å²) in [5, 5.41) is 0.624. The molecule has 0 saturated heterocycles. The second kappa shape index (κ2) is 5.40. The number of fused-ring (bicyclic) bond motifs is 1. The largest absolute Gasteiger partial charge is 0.486 e. The van der Waals surface area contributed by atoms with Crippen molar-refractivity contribution in [2.45, 2.75) is 13.5 Å². The molecule has 1 aromatic heterocycles. The van der Waals surface area contributed by atoms with Crippen molar-refractivity contribution in [3.8, 4) is 5.75 Å². The van der Waals surface area contributed by atoms with Gasteiger partial charge in [0.1, 0.15) is 18.2 Å². The molecule has 4 nitrogen and oxygen atoms in total. The van der Waals surface area contributed by atoms with Crippen molar-refractivity contribution in [2.75, 3.05) is 0 Å². The van der Waals surface area contributed by atoms with Crippen molar-refractivity contribution >= 4 is 10.9 Å². The number of benzene rings is 2. The fourth-order valence-electron chi connectivity index (χ4n) is 2.18. The Morgan fingerprint density at radius 2 is 1.81 bits per heavy atom. The summed E-state index contributed by atoms with van der Waals surface area (Å²) < 4.78 is 7.25. The van der Waals surface area contributed by atoms with Crippen molar-refractivity contribution < 1.29 is 4.74 Å². The quantitative estimate of drug-likeness (QED) is 0.741. The third-order valence-electron chi connectivity index (χ3n) is 3.46. The van der Waals surface area contributed by atoms with Gasteiger partial charge >= 0.3 is 0 Å². The van der Waals surface area contributed by atoms with E-state index in [2.05, 4.69) is 4.98 Å². The van der Waals surface area contributed by atoms with Crippen LogP contribution in [0.25, 0.3) is 10.9 Å². The van der Waals surface area contributed by atoms with E-state index in [-0.39, 0.29) is 12.2 Å². The second-order valence-electron chi connectivity index (χ2n) is 5.01. The van der Waals surface area contributed by atoms with Gasteiger partial charge in [0.05, 0.1) is 10.9 Å². The predicted molar refractivity (Wildman–Crippen MR) is 82.5 cm³/mol. The third kappa shape index (κ3) is 2.65. The van der Waals surface area contributed by atoms with Crippen molar-refractivity contribution in [3.63, 3.8) is 0 Å². The molecule has 3 rings (SSSR count). The normalized spacial score (nSPS) is 10.8. The summed E-state index contributed by atoms with van der Waals surface area (Å²) in [5.74, 6) is 1.38. The Labute approximate surface area is 122 Å². The van der Waals surface area contributed by atoms with Crippen molar-refractivity contribution in [1.82, 2.24) is 9.55 Å². The number of hydrogen-bond acceptors (Lipinski definition) is 3. The van der Waals surface area contributed by atoms with Crippen LogP contribution in [0, 0.1) is 6.92 Å². The smallest absolute Gasteiger partial charge is 0.261 e. The van der Waals surface area contributed by atoms with Crippen LogP contribution in [0.1, 0.15) is 11.4 Å². The lowest BCUT2D eigenvalue weighted by molar-refractivity contribution is 0.289. The Balaban J connectivity index is 1.92. The Hall–Kier alpha value is -2.62. The highest BCUT2D eigenvalue weighted by molar-refractivity contribution is 5.77. The molecular formula is C17H16N2O2. The van der Waals surface area contributed by atoms with E-state index in [1.807, 2.05) is 49.4 Å². The summed E-state index contributed by atoms with van der Waals surface area (Å²) in [6, 6.07) is 15.1. The molecule has 0 N–H and O–H groups in total. The van der Waals surface area contributed by atoms with Crippen LogP contribution in [-0.4, -0.2) is 9.55 Å². The Bertz CT molecular complexity index is 836. The molecule has 1 heterocycles.